The Bertz CT molecular complexity index is 1020. The van der Waals surface area contributed by atoms with E-state index in [1.54, 1.807) is 44.0 Å². The van der Waals surface area contributed by atoms with E-state index in [4.69, 9.17) is 9.47 Å². The zero-order chi connectivity index (χ0) is 24.0. The van der Waals surface area contributed by atoms with Gasteiger partial charge in [-0.3, -0.25) is 9.48 Å². The van der Waals surface area contributed by atoms with Crippen LogP contribution >= 0.6 is 0 Å². The van der Waals surface area contributed by atoms with E-state index in [1.165, 1.54) is 4.31 Å². The minimum absolute atomic E-state index is 0.103. The Balaban J connectivity index is 1.60. The predicted molar refractivity (Wildman–Crippen MR) is 125 cm³/mol. The fraction of sp³-hybridized carbons (Fsp3) is 0.565. The standard InChI is InChI=1S/C23H34N4O5S/c1-17-12-21(31-4)13-18(2)23(17)33(29,30)27-11-6-5-8-20(27)15-32-16-22(28)25-19(3)14-26-10-7-9-24-26/h7,9-10,12-13,19-20H,5-6,8,11,14-16H2,1-4H3,(H,25,28). The molecule has 1 aliphatic rings. The monoisotopic (exact) mass is 478 g/mol. The number of amides is 1. The summed E-state index contributed by atoms with van der Waals surface area (Å²) in [5, 5.41) is 7.01. The largest absolute Gasteiger partial charge is 0.497 e. The van der Waals surface area contributed by atoms with Gasteiger partial charge >= 0.3 is 0 Å². The average Bonchev–Trinajstić information content (AvgIpc) is 3.26. The van der Waals surface area contributed by atoms with Gasteiger partial charge < -0.3 is 14.8 Å². The van der Waals surface area contributed by atoms with E-state index in [-0.39, 0.29) is 31.2 Å². The molecule has 1 saturated heterocycles. The number of carbonyl (C=O) groups is 1. The molecule has 10 heteroatoms. The molecule has 1 aromatic carbocycles. The molecule has 33 heavy (non-hydrogen) atoms. The second-order valence-electron chi connectivity index (χ2n) is 8.57. The maximum absolute atomic E-state index is 13.6. The molecule has 0 spiro atoms. The zero-order valence-corrected chi connectivity index (χ0v) is 20.6. The van der Waals surface area contributed by atoms with Crippen LogP contribution < -0.4 is 10.1 Å². The van der Waals surface area contributed by atoms with E-state index >= 15 is 0 Å². The van der Waals surface area contributed by atoms with E-state index in [9.17, 15) is 13.2 Å². The van der Waals surface area contributed by atoms with Crippen LogP contribution in [0.25, 0.3) is 0 Å². The van der Waals surface area contributed by atoms with Crippen molar-refractivity contribution in [3.8, 4) is 5.75 Å². The molecule has 3 rings (SSSR count). The molecule has 1 amide bonds. The molecule has 0 saturated carbocycles. The molecular formula is C23H34N4O5S. The van der Waals surface area contributed by atoms with Crippen LogP contribution in [0.1, 0.15) is 37.3 Å². The highest BCUT2D eigenvalue weighted by Gasteiger charge is 2.35. The second-order valence-corrected chi connectivity index (χ2v) is 10.4. The number of aromatic nitrogens is 2. The first kappa shape index (κ1) is 25.2. The highest BCUT2D eigenvalue weighted by atomic mass is 32.2. The number of piperidine rings is 1. The maximum Gasteiger partial charge on any atom is 0.246 e. The summed E-state index contributed by atoms with van der Waals surface area (Å²) < 4.78 is 41.4. The number of hydrogen-bond acceptors (Lipinski definition) is 6. The first-order valence-electron chi connectivity index (χ1n) is 11.2. The molecule has 2 heterocycles. The Hall–Kier alpha value is -2.43. The van der Waals surface area contributed by atoms with Crippen molar-refractivity contribution < 1.29 is 22.7 Å². The Morgan fingerprint density at radius 2 is 2.00 bits per heavy atom. The molecule has 0 aliphatic carbocycles. The number of ether oxygens (including phenoxy) is 2. The van der Waals surface area contributed by atoms with E-state index in [2.05, 4.69) is 10.4 Å². The van der Waals surface area contributed by atoms with Gasteiger partial charge in [0.25, 0.3) is 0 Å². The lowest BCUT2D eigenvalue weighted by atomic mass is 10.1. The summed E-state index contributed by atoms with van der Waals surface area (Å²) >= 11 is 0. The third-order valence-electron chi connectivity index (χ3n) is 5.78. The molecule has 2 aromatic rings. The molecule has 0 bridgehead atoms. The van der Waals surface area contributed by atoms with Gasteiger partial charge in [0.15, 0.2) is 0 Å². The van der Waals surface area contributed by atoms with Crippen molar-refractivity contribution >= 4 is 15.9 Å². The second kappa shape index (κ2) is 11.1. The van der Waals surface area contributed by atoms with Gasteiger partial charge in [0.05, 0.1) is 25.2 Å². The van der Waals surface area contributed by atoms with Crippen LogP contribution in [0.3, 0.4) is 0 Å². The van der Waals surface area contributed by atoms with Gasteiger partial charge in [-0.15, -0.1) is 0 Å². The summed E-state index contributed by atoms with van der Waals surface area (Å²) in [6.45, 7) is 6.53. The van der Waals surface area contributed by atoms with Gasteiger partial charge in [-0.25, -0.2) is 8.42 Å². The Morgan fingerprint density at radius 1 is 1.27 bits per heavy atom. The van der Waals surface area contributed by atoms with Crippen molar-refractivity contribution in [3.63, 3.8) is 0 Å². The van der Waals surface area contributed by atoms with Gasteiger partial charge in [-0.1, -0.05) is 6.42 Å². The van der Waals surface area contributed by atoms with Crippen LogP contribution in [0.15, 0.2) is 35.5 Å². The minimum Gasteiger partial charge on any atom is -0.497 e. The van der Waals surface area contributed by atoms with Crippen molar-refractivity contribution in [1.29, 1.82) is 0 Å². The van der Waals surface area contributed by atoms with Gasteiger partial charge in [0, 0.05) is 31.0 Å². The number of sulfonamides is 1. The van der Waals surface area contributed by atoms with Gasteiger partial charge in [0.2, 0.25) is 15.9 Å². The number of benzene rings is 1. The summed E-state index contributed by atoms with van der Waals surface area (Å²) in [6, 6.07) is 4.90. The third kappa shape index (κ3) is 6.33. The van der Waals surface area contributed by atoms with Crippen molar-refractivity contribution in [2.75, 3.05) is 26.9 Å². The zero-order valence-electron chi connectivity index (χ0n) is 19.8. The van der Waals surface area contributed by atoms with Crippen molar-refractivity contribution in [1.82, 2.24) is 19.4 Å². The van der Waals surface area contributed by atoms with Crippen molar-refractivity contribution in [3.05, 3.63) is 41.7 Å². The lowest BCUT2D eigenvalue weighted by molar-refractivity contribution is -0.126. The van der Waals surface area contributed by atoms with Gasteiger partial charge in [0.1, 0.15) is 12.4 Å². The van der Waals surface area contributed by atoms with Crippen LogP contribution in [0, 0.1) is 13.8 Å². The molecular weight excluding hydrogens is 444 g/mol. The topological polar surface area (TPSA) is 103 Å². The number of nitrogens with one attached hydrogen (secondary N) is 1. The van der Waals surface area contributed by atoms with Crippen molar-refractivity contribution in [2.45, 2.75) is 63.6 Å². The molecule has 2 unspecified atom stereocenters. The van der Waals surface area contributed by atoms with Crippen LogP contribution in [0.2, 0.25) is 0 Å². The highest BCUT2D eigenvalue weighted by Crippen LogP contribution is 2.31. The van der Waals surface area contributed by atoms with E-state index < -0.39 is 10.0 Å². The van der Waals surface area contributed by atoms with Gasteiger partial charge in [-0.2, -0.15) is 9.40 Å². The van der Waals surface area contributed by atoms with Gasteiger partial charge in [-0.05, 0) is 62.9 Å². The number of carbonyl (C=O) groups excluding carboxylic acids is 1. The Labute approximate surface area is 196 Å². The maximum atomic E-state index is 13.6. The average molecular weight is 479 g/mol. The van der Waals surface area contributed by atoms with Crippen LogP contribution in [-0.2, 0) is 26.1 Å². The van der Waals surface area contributed by atoms with Crippen molar-refractivity contribution in [2.24, 2.45) is 0 Å². The molecule has 1 aliphatic heterocycles. The number of aryl methyl sites for hydroxylation is 2. The highest BCUT2D eigenvalue weighted by molar-refractivity contribution is 7.89. The summed E-state index contributed by atoms with van der Waals surface area (Å²) in [7, 11) is -2.14. The van der Waals surface area contributed by atoms with E-state index in [1.807, 2.05) is 19.2 Å². The summed E-state index contributed by atoms with van der Waals surface area (Å²) in [6.07, 6.45) is 5.95. The summed E-state index contributed by atoms with van der Waals surface area (Å²) in [4.78, 5) is 12.6. The molecule has 1 aromatic heterocycles. The lowest BCUT2D eigenvalue weighted by Gasteiger charge is -2.35. The Morgan fingerprint density at radius 3 is 2.64 bits per heavy atom. The first-order chi connectivity index (χ1) is 15.7. The Kier molecular flexibility index (Phi) is 8.50. The van der Waals surface area contributed by atoms with E-state index in [0.29, 0.717) is 41.3 Å². The summed E-state index contributed by atoms with van der Waals surface area (Å²) in [5.74, 6) is 0.400. The minimum atomic E-state index is -3.71. The molecule has 2 atom stereocenters. The normalized spacial score (nSPS) is 18.1. The fourth-order valence-corrected chi connectivity index (χ4v) is 6.44. The SMILES string of the molecule is COc1cc(C)c(S(=O)(=O)N2CCCCC2COCC(=O)NC(C)Cn2cccn2)c(C)c1. The first-order valence-corrected chi connectivity index (χ1v) is 12.7. The number of hydrogen-bond donors (Lipinski definition) is 1. The lowest BCUT2D eigenvalue weighted by Crippen LogP contribution is -2.47. The molecule has 0 radical (unpaired) electrons. The number of methoxy groups -OCH3 is 1. The molecule has 9 nitrogen and oxygen atoms in total. The number of nitrogens with zero attached hydrogens (tertiary/aromatic N) is 3. The fourth-order valence-electron chi connectivity index (χ4n) is 4.35. The predicted octanol–water partition coefficient (Wildman–Crippen LogP) is 2.27. The number of rotatable bonds is 10. The molecule has 182 valence electrons. The van der Waals surface area contributed by atoms with Crippen LogP contribution in [0.4, 0.5) is 0 Å². The van der Waals surface area contributed by atoms with Crippen LogP contribution in [-0.4, -0.2) is 67.4 Å². The van der Waals surface area contributed by atoms with E-state index in [0.717, 1.165) is 12.8 Å². The smallest absolute Gasteiger partial charge is 0.246 e. The van der Waals surface area contributed by atoms with Crippen LogP contribution in [0.5, 0.6) is 5.75 Å². The third-order valence-corrected chi connectivity index (χ3v) is 8.04. The molecule has 1 fully saturated rings. The molecule has 1 N–H and O–H groups in total. The summed E-state index contributed by atoms with van der Waals surface area (Å²) in [5.41, 5.74) is 1.31. The quantitative estimate of drug-likeness (QED) is 0.562.